The lowest BCUT2D eigenvalue weighted by Gasteiger charge is -2.32. The molecule has 0 aliphatic heterocycles. The number of hydrogen-bond acceptors (Lipinski definition) is 6. The van der Waals surface area contributed by atoms with Crippen LogP contribution < -0.4 is 15.8 Å². The first-order chi connectivity index (χ1) is 13.1. The summed E-state index contributed by atoms with van der Waals surface area (Å²) in [5.74, 6) is 5.80. The van der Waals surface area contributed by atoms with E-state index < -0.39 is 34.8 Å². The maximum Gasteiger partial charge on any atom is 0.408 e. The predicted molar refractivity (Wildman–Crippen MR) is 111 cm³/mol. The number of carbonyl (C=O) groups is 2. The van der Waals surface area contributed by atoms with Crippen molar-refractivity contribution < 1.29 is 23.8 Å². The van der Waals surface area contributed by atoms with Crippen molar-refractivity contribution in [3.05, 3.63) is 29.8 Å². The van der Waals surface area contributed by atoms with Crippen LogP contribution in [0.2, 0.25) is 0 Å². The highest BCUT2D eigenvalue weighted by molar-refractivity contribution is 5.83. The molecule has 0 unspecified atom stereocenters. The van der Waals surface area contributed by atoms with E-state index in [-0.39, 0.29) is 0 Å². The Hall–Kier alpha value is -2.72. The Bertz CT molecular complexity index is 775. The van der Waals surface area contributed by atoms with Gasteiger partial charge in [-0.05, 0) is 72.7 Å². The Kier molecular flexibility index (Phi) is 7.70. The first-order valence-electron chi connectivity index (χ1n) is 9.31. The minimum atomic E-state index is -1.61. The van der Waals surface area contributed by atoms with Crippen LogP contribution >= 0.6 is 0 Å². The average Bonchev–Trinajstić information content (AvgIpc) is 2.55. The summed E-state index contributed by atoms with van der Waals surface area (Å²) < 4.78 is 15.8. The molecule has 0 fully saturated rings. The maximum absolute atomic E-state index is 12.7. The topological polar surface area (TPSA) is 99.9 Å². The van der Waals surface area contributed by atoms with Crippen molar-refractivity contribution in [2.45, 2.75) is 71.2 Å². The maximum atomic E-state index is 12.7. The quantitative estimate of drug-likeness (QED) is 0.591. The third-order valence-electron chi connectivity index (χ3n) is 3.55. The lowest BCUT2D eigenvalue weighted by molar-refractivity contribution is -0.161. The average molecular weight is 405 g/mol. The SMILES string of the molecule is COc1ccc(C#C[C@H](NC(=O)OC(C)(C)C)[C@@](C)(N)C(=O)OC(C)(C)C)cc1. The van der Waals surface area contributed by atoms with E-state index in [1.807, 2.05) is 0 Å². The summed E-state index contributed by atoms with van der Waals surface area (Å²) in [5.41, 5.74) is 3.88. The number of hydrogen-bond donors (Lipinski definition) is 2. The Morgan fingerprint density at radius 2 is 1.48 bits per heavy atom. The van der Waals surface area contributed by atoms with E-state index in [1.165, 1.54) is 6.92 Å². The summed E-state index contributed by atoms with van der Waals surface area (Å²) in [7, 11) is 1.57. The van der Waals surface area contributed by atoms with E-state index in [0.717, 1.165) is 0 Å². The number of ether oxygens (including phenoxy) is 3. The highest BCUT2D eigenvalue weighted by atomic mass is 16.6. The van der Waals surface area contributed by atoms with Crippen molar-refractivity contribution in [1.29, 1.82) is 0 Å². The Labute approximate surface area is 173 Å². The molecule has 7 nitrogen and oxygen atoms in total. The van der Waals surface area contributed by atoms with Crippen LogP contribution in [0.1, 0.15) is 54.0 Å². The number of rotatable bonds is 4. The number of benzene rings is 1. The first kappa shape index (κ1) is 24.3. The van der Waals surface area contributed by atoms with E-state index in [2.05, 4.69) is 17.2 Å². The molecule has 1 amide bonds. The van der Waals surface area contributed by atoms with Gasteiger partial charge in [0, 0.05) is 5.56 Å². The van der Waals surface area contributed by atoms with Crippen LogP contribution in [0.15, 0.2) is 24.3 Å². The summed E-state index contributed by atoms with van der Waals surface area (Å²) in [6, 6.07) is 6.00. The van der Waals surface area contributed by atoms with Crippen LogP contribution in [0.4, 0.5) is 4.79 Å². The van der Waals surface area contributed by atoms with Crippen LogP contribution in [0, 0.1) is 11.8 Å². The molecular weight excluding hydrogens is 372 g/mol. The van der Waals surface area contributed by atoms with Gasteiger partial charge in [0.05, 0.1) is 7.11 Å². The van der Waals surface area contributed by atoms with Gasteiger partial charge in [0.2, 0.25) is 0 Å². The third kappa shape index (κ3) is 8.44. The van der Waals surface area contributed by atoms with Gasteiger partial charge in [-0.25, -0.2) is 9.59 Å². The van der Waals surface area contributed by atoms with Crippen molar-refractivity contribution in [2.75, 3.05) is 7.11 Å². The van der Waals surface area contributed by atoms with Crippen LogP contribution in [-0.4, -0.2) is 42.0 Å². The molecule has 29 heavy (non-hydrogen) atoms. The van der Waals surface area contributed by atoms with Crippen LogP contribution in [0.5, 0.6) is 5.75 Å². The molecule has 0 saturated carbocycles. The van der Waals surface area contributed by atoms with Gasteiger partial charge >= 0.3 is 12.1 Å². The monoisotopic (exact) mass is 404 g/mol. The molecule has 0 aliphatic rings. The third-order valence-corrected chi connectivity index (χ3v) is 3.55. The highest BCUT2D eigenvalue weighted by Gasteiger charge is 2.41. The van der Waals surface area contributed by atoms with Gasteiger partial charge < -0.3 is 25.3 Å². The minimum absolute atomic E-state index is 0.668. The molecule has 1 aromatic rings. The van der Waals surface area contributed by atoms with Gasteiger partial charge in [-0.15, -0.1) is 0 Å². The summed E-state index contributed by atoms with van der Waals surface area (Å²) in [6.45, 7) is 11.9. The fraction of sp³-hybridized carbons (Fsp3) is 0.545. The molecule has 1 aromatic carbocycles. The molecule has 0 aliphatic carbocycles. The number of alkyl carbamates (subject to hydrolysis) is 1. The summed E-state index contributed by atoms with van der Waals surface area (Å²) in [5, 5.41) is 2.59. The Morgan fingerprint density at radius 1 is 0.966 bits per heavy atom. The lowest BCUT2D eigenvalue weighted by atomic mass is 9.93. The van der Waals surface area contributed by atoms with Gasteiger partial charge in [0.25, 0.3) is 0 Å². The zero-order valence-electron chi connectivity index (χ0n) is 18.5. The number of methoxy groups -OCH3 is 1. The van der Waals surface area contributed by atoms with Gasteiger partial charge in [-0.3, -0.25) is 0 Å². The standard InChI is InChI=1S/C22H32N2O5/c1-20(2,3)28-18(25)22(7,23)17(24-19(26)29-21(4,5)6)14-11-15-9-12-16(27-8)13-10-15/h9-10,12-13,17H,23H2,1-8H3,(H,24,26)/t17-,22+/m0/s1. The number of nitrogens with one attached hydrogen (secondary N) is 1. The molecule has 0 saturated heterocycles. The molecule has 0 heterocycles. The van der Waals surface area contributed by atoms with Crippen molar-refractivity contribution in [1.82, 2.24) is 5.32 Å². The van der Waals surface area contributed by atoms with Gasteiger partial charge in [0.1, 0.15) is 28.5 Å². The zero-order chi connectivity index (χ0) is 22.5. The lowest BCUT2D eigenvalue weighted by Crippen LogP contribution is -2.62. The summed E-state index contributed by atoms with van der Waals surface area (Å²) >= 11 is 0. The second kappa shape index (κ2) is 9.19. The molecule has 0 bridgehead atoms. The molecule has 7 heteroatoms. The largest absolute Gasteiger partial charge is 0.497 e. The highest BCUT2D eigenvalue weighted by Crippen LogP contribution is 2.17. The molecule has 160 valence electrons. The first-order valence-corrected chi connectivity index (χ1v) is 9.31. The second-order valence-electron chi connectivity index (χ2n) is 8.86. The van der Waals surface area contributed by atoms with Crippen molar-refractivity contribution in [2.24, 2.45) is 5.73 Å². The van der Waals surface area contributed by atoms with Gasteiger partial charge in [0.15, 0.2) is 0 Å². The van der Waals surface area contributed by atoms with Crippen LogP contribution in [-0.2, 0) is 14.3 Å². The van der Waals surface area contributed by atoms with Gasteiger partial charge in [-0.1, -0.05) is 11.8 Å². The summed E-state index contributed by atoms with van der Waals surface area (Å²) in [6.07, 6.45) is -0.730. The molecule has 2 atom stereocenters. The number of amides is 1. The smallest absolute Gasteiger partial charge is 0.408 e. The fourth-order valence-corrected chi connectivity index (χ4v) is 2.10. The Morgan fingerprint density at radius 3 is 1.93 bits per heavy atom. The number of esters is 1. The van der Waals surface area contributed by atoms with E-state index in [0.29, 0.717) is 11.3 Å². The Balaban J connectivity index is 3.18. The number of carbonyl (C=O) groups excluding carboxylic acids is 2. The summed E-state index contributed by atoms with van der Waals surface area (Å²) in [4.78, 5) is 25.0. The van der Waals surface area contributed by atoms with Gasteiger partial charge in [-0.2, -0.15) is 0 Å². The minimum Gasteiger partial charge on any atom is -0.497 e. The molecule has 0 spiro atoms. The zero-order valence-corrected chi connectivity index (χ0v) is 18.5. The molecule has 1 rings (SSSR count). The van der Waals surface area contributed by atoms with Crippen LogP contribution in [0.3, 0.4) is 0 Å². The molecule has 0 radical (unpaired) electrons. The van der Waals surface area contributed by atoms with E-state index in [4.69, 9.17) is 19.9 Å². The van der Waals surface area contributed by atoms with Crippen molar-refractivity contribution in [3.63, 3.8) is 0 Å². The normalized spacial score (nSPS) is 14.5. The number of nitrogens with two attached hydrogens (primary N) is 1. The second-order valence-corrected chi connectivity index (χ2v) is 8.86. The molecule has 0 aromatic heterocycles. The van der Waals surface area contributed by atoms with E-state index in [1.54, 1.807) is 72.9 Å². The fourth-order valence-electron chi connectivity index (χ4n) is 2.10. The molecule has 3 N–H and O–H groups in total. The predicted octanol–water partition coefficient (Wildman–Crippen LogP) is 3.00. The van der Waals surface area contributed by atoms with E-state index >= 15 is 0 Å². The van der Waals surface area contributed by atoms with Crippen molar-refractivity contribution in [3.8, 4) is 17.6 Å². The van der Waals surface area contributed by atoms with E-state index in [9.17, 15) is 9.59 Å². The van der Waals surface area contributed by atoms with Crippen LogP contribution in [0.25, 0.3) is 0 Å². The van der Waals surface area contributed by atoms with Crippen molar-refractivity contribution >= 4 is 12.1 Å². The molecular formula is C22H32N2O5.